The van der Waals surface area contributed by atoms with Gasteiger partial charge in [-0.15, -0.1) is 0 Å². The summed E-state index contributed by atoms with van der Waals surface area (Å²) in [6.45, 7) is 2.05. The Hall–Kier alpha value is -3.61. The normalized spacial score (nSPS) is 20.0. The van der Waals surface area contributed by atoms with Gasteiger partial charge in [0.05, 0.1) is 14.2 Å². The Balaban J connectivity index is 1.55. The van der Waals surface area contributed by atoms with E-state index in [0.717, 1.165) is 22.4 Å². The molecule has 3 aromatic rings. The second kappa shape index (κ2) is 7.58. The smallest absolute Gasteiger partial charge is 0.226 e. The zero-order valence-electron chi connectivity index (χ0n) is 17.8. The SMILES string of the molecule is COc1ccc([C@@H]2CC(=O)C3=C(C2)Nc2ncnn2[C@@H]3c2ccc(C)cc2)cc1OC. The van der Waals surface area contributed by atoms with Crippen molar-refractivity contribution in [2.24, 2.45) is 0 Å². The monoisotopic (exact) mass is 416 g/mol. The summed E-state index contributed by atoms with van der Waals surface area (Å²) in [5.41, 5.74) is 4.96. The van der Waals surface area contributed by atoms with Crippen molar-refractivity contribution in [1.29, 1.82) is 0 Å². The minimum atomic E-state index is -0.270. The van der Waals surface area contributed by atoms with Gasteiger partial charge in [0.15, 0.2) is 17.3 Å². The van der Waals surface area contributed by atoms with Crippen LogP contribution in [0, 0.1) is 6.92 Å². The fourth-order valence-electron chi connectivity index (χ4n) is 4.55. The van der Waals surface area contributed by atoms with Gasteiger partial charge in [0.25, 0.3) is 0 Å². The Labute approximate surface area is 180 Å². The van der Waals surface area contributed by atoms with Gasteiger partial charge >= 0.3 is 0 Å². The highest BCUT2D eigenvalue weighted by atomic mass is 16.5. The van der Waals surface area contributed by atoms with Crippen molar-refractivity contribution in [1.82, 2.24) is 14.8 Å². The highest BCUT2D eigenvalue weighted by Crippen LogP contribution is 2.44. The van der Waals surface area contributed by atoms with E-state index in [1.165, 1.54) is 11.9 Å². The van der Waals surface area contributed by atoms with Crippen molar-refractivity contribution in [3.05, 3.63) is 76.8 Å². The number of ether oxygens (including phenoxy) is 2. The molecule has 1 aliphatic carbocycles. The molecule has 2 aliphatic rings. The van der Waals surface area contributed by atoms with Gasteiger partial charge in [-0.2, -0.15) is 10.1 Å². The summed E-state index contributed by atoms with van der Waals surface area (Å²) in [6.07, 6.45) is 2.67. The molecule has 2 aromatic carbocycles. The van der Waals surface area contributed by atoms with Crippen LogP contribution in [0.15, 0.2) is 60.1 Å². The molecule has 0 saturated carbocycles. The number of Topliss-reactive ketones (excluding diaryl/α,β-unsaturated/α-hetero) is 1. The third-order valence-electron chi connectivity index (χ3n) is 6.13. The fourth-order valence-corrected chi connectivity index (χ4v) is 4.55. The van der Waals surface area contributed by atoms with E-state index in [4.69, 9.17) is 9.47 Å². The number of anilines is 1. The number of hydrogen-bond donors (Lipinski definition) is 1. The topological polar surface area (TPSA) is 78.3 Å². The molecule has 2 heterocycles. The number of aryl methyl sites for hydroxylation is 1. The van der Waals surface area contributed by atoms with E-state index in [0.29, 0.717) is 30.3 Å². The molecule has 0 spiro atoms. The number of aromatic nitrogens is 3. The van der Waals surface area contributed by atoms with E-state index in [-0.39, 0.29) is 17.7 Å². The van der Waals surface area contributed by atoms with Gasteiger partial charge in [-0.1, -0.05) is 35.9 Å². The van der Waals surface area contributed by atoms with Gasteiger partial charge in [-0.05, 0) is 42.5 Å². The number of allylic oxidation sites excluding steroid dienone is 2. The van der Waals surface area contributed by atoms with Crippen LogP contribution in [0.25, 0.3) is 0 Å². The molecular weight excluding hydrogens is 392 g/mol. The van der Waals surface area contributed by atoms with E-state index < -0.39 is 0 Å². The Bertz CT molecular complexity index is 1180. The van der Waals surface area contributed by atoms with Gasteiger partial charge in [-0.25, -0.2) is 4.68 Å². The summed E-state index contributed by atoms with van der Waals surface area (Å²) in [5, 5.41) is 7.77. The Morgan fingerprint density at radius 2 is 1.74 bits per heavy atom. The highest BCUT2D eigenvalue weighted by Gasteiger charge is 2.39. The second-order valence-electron chi connectivity index (χ2n) is 8.00. The van der Waals surface area contributed by atoms with Crippen molar-refractivity contribution in [3.8, 4) is 11.5 Å². The summed E-state index contributed by atoms with van der Waals surface area (Å²) >= 11 is 0. The van der Waals surface area contributed by atoms with Crippen molar-refractivity contribution in [2.45, 2.75) is 31.7 Å². The lowest BCUT2D eigenvalue weighted by Gasteiger charge is -2.35. The number of ketones is 1. The number of hydrogen-bond acceptors (Lipinski definition) is 6. The molecule has 0 amide bonds. The van der Waals surface area contributed by atoms with Crippen LogP contribution in [-0.2, 0) is 4.79 Å². The summed E-state index contributed by atoms with van der Waals surface area (Å²) in [4.78, 5) is 17.8. The molecule has 0 fully saturated rings. The molecule has 7 nitrogen and oxygen atoms in total. The van der Waals surface area contributed by atoms with E-state index in [1.54, 1.807) is 18.9 Å². The lowest BCUT2D eigenvalue weighted by Crippen LogP contribution is -2.33. The summed E-state index contributed by atoms with van der Waals surface area (Å²) in [5.74, 6) is 2.18. The lowest BCUT2D eigenvalue weighted by atomic mass is 9.78. The molecule has 0 saturated heterocycles. The van der Waals surface area contributed by atoms with E-state index >= 15 is 0 Å². The average Bonchev–Trinajstić information content (AvgIpc) is 3.26. The first-order valence-corrected chi connectivity index (χ1v) is 10.3. The first kappa shape index (κ1) is 19.4. The molecule has 1 N–H and O–H groups in total. The molecular formula is C24H24N4O3. The standard InChI is InChI=1S/C24H24N4O3/c1-14-4-6-15(7-5-14)23-22-18(27-24-25-13-26-28(23)24)10-17(11-19(22)29)16-8-9-20(30-2)21(12-16)31-3/h4-9,12-13,17,23H,10-11H2,1-3H3,(H,25,26,27)/t17-,23+/m0/s1. The number of benzene rings is 2. The molecule has 5 rings (SSSR count). The van der Waals surface area contributed by atoms with Gasteiger partial charge in [-0.3, -0.25) is 4.79 Å². The van der Waals surface area contributed by atoms with E-state index in [2.05, 4.69) is 46.6 Å². The zero-order valence-corrected chi connectivity index (χ0v) is 17.8. The number of nitrogens with one attached hydrogen (secondary N) is 1. The molecule has 0 bridgehead atoms. The fraction of sp³-hybridized carbons (Fsp3) is 0.292. The van der Waals surface area contributed by atoms with Crippen LogP contribution in [0.2, 0.25) is 0 Å². The number of fused-ring (bicyclic) bond motifs is 1. The maximum Gasteiger partial charge on any atom is 0.226 e. The zero-order chi connectivity index (χ0) is 21.5. The van der Waals surface area contributed by atoms with Crippen LogP contribution in [0.3, 0.4) is 0 Å². The lowest BCUT2D eigenvalue weighted by molar-refractivity contribution is -0.116. The molecule has 0 unspecified atom stereocenters. The number of methoxy groups -OCH3 is 2. The third kappa shape index (κ3) is 3.26. The summed E-state index contributed by atoms with van der Waals surface area (Å²) in [7, 11) is 3.24. The molecule has 0 radical (unpaired) electrons. The Kier molecular flexibility index (Phi) is 4.73. The minimum Gasteiger partial charge on any atom is -0.493 e. The maximum absolute atomic E-state index is 13.5. The van der Waals surface area contributed by atoms with Crippen LogP contribution >= 0.6 is 0 Å². The van der Waals surface area contributed by atoms with Crippen LogP contribution in [0.5, 0.6) is 11.5 Å². The molecule has 2 atom stereocenters. The van der Waals surface area contributed by atoms with Crippen molar-refractivity contribution in [2.75, 3.05) is 19.5 Å². The van der Waals surface area contributed by atoms with Crippen molar-refractivity contribution >= 4 is 11.7 Å². The van der Waals surface area contributed by atoms with Gasteiger partial charge in [0, 0.05) is 17.7 Å². The number of carbonyl (C=O) groups is 1. The average molecular weight is 416 g/mol. The number of carbonyl (C=O) groups excluding carboxylic acids is 1. The Morgan fingerprint density at radius 1 is 1.00 bits per heavy atom. The Morgan fingerprint density at radius 3 is 2.48 bits per heavy atom. The first-order valence-electron chi connectivity index (χ1n) is 10.3. The second-order valence-corrected chi connectivity index (χ2v) is 8.00. The van der Waals surface area contributed by atoms with Crippen LogP contribution < -0.4 is 14.8 Å². The van der Waals surface area contributed by atoms with Gasteiger partial charge in [0.2, 0.25) is 5.95 Å². The predicted octanol–water partition coefficient (Wildman–Crippen LogP) is 4.02. The third-order valence-corrected chi connectivity index (χ3v) is 6.13. The van der Waals surface area contributed by atoms with Crippen LogP contribution in [0.4, 0.5) is 5.95 Å². The molecule has 1 aromatic heterocycles. The largest absolute Gasteiger partial charge is 0.493 e. The quantitative estimate of drug-likeness (QED) is 0.692. The van der Waals surface area contributed by atoms with E-state index in [9.17, 15) is 4.79 Å². The molecule has 31 heavy (non-hydrogen) atoms. The van der Waals surface area contributed by atoms with E-state index in [1.807, 2.05) is 18.2 Å². The molecule has 7 heteroatoms. The minimum absolute atomic E-state index is 0.0479. The molecule has 1 aliphatic heterocycles. The van der Waals surface area contributed by atoms with Crippen molar-refractivity contribution < 1.29 is 14.3 Å². The van der Waals surface area contributed by atoms with Crippen molar-refractivity contribution in [3.63, 3.8) is 0 Å². The van der Waals surface area contributed by atoms with Gasteiger partial charge < -0.3 is 14.8 Å². The maximum atomic E-state index is 13.5. The van der Waals surface area contributed by atoms with Crippen LogP contribution in [-0.4, -0.2) is 34.8 Å². The van der Waals surface area contributed by atoms with Crippen LogP contribution in [0.1, 0.15) is 41.5 Å². The predicted molar refractivity (Wildman–Crippen MR) is 117 cm³/mol. The molecule has 158 valence electrons. The highest BCUT2D eigenvalue weighted by molar-refractivity contribution is 6.00. The summed E-state index contributed by atoms with van der Waals surface area (Å²) in [6, 6.07) is 13.8. The van der Waals surface area contributed by atoms with Gasteiger partial charge in [0.1, 0.15) is 12.4 Å². The number of nitrogens with zero attached hydrogens (tertiary/aromatic N) is 3. The summed E-state index contributed by atoms with van der Waals surface area (Å²) < 4.78 is 12.6. The number of rotatable bonds is 4. The first-order chi connectivity index (χ1) is 15.1.